The van der Waals surface area contributed by atoms with Crippen molar-refractivity contribution in [3.8, 4) is 0 Å². The average Bonchev–Trinajstić information content (AvgIpc) is 2.65. The molecule has 9 heteroatoms. The first kappa shape index (κ1) is 20.7. The predicted molar refractivity (Wildman–Crippen MR) is 111 cm³/mol. The highest BCUT2D eigenvalue weighted by Crippen LogP contribution is 2.26. The Kier molecular flexibility index (Phi) is 6.09. The summed E-state index contributed by atoms with van der Waals surface area (Å²) in [6.07, 6.45) is 1.46. The van der Waals surface area contributed by atoms with Crippen LogP contribution in [0.15, 0.2) is 42.6 Å². The lowest BCUT2D eigenvalue weighted by Gasteiger charge is -2.14. The molecule has 2 aromatic heterocycles. The van der Waals surface area contributed by atoms with Crippen LogP contribution in [0.5, 0.6) is 0 Å². The van der Waals surface area contributed by atoms with E-state index in [1.54, 1.807) is 19.1 Å². The normalized spacial score (nSPS) is 11.4. The van der Waals surface area contributed by atoms with E-state index in [1.807, 2.05) is 31.2 Å². The van der Waals surface area contributed by atoms with Crippen LogP contribution in [-0.2, 0) is 27.1 Å². The number of primary sulfonamides is 1. The summed E-state index contributed by atoms with van der Waals surface area (Å²) in [5, 5.41) is 9.07. The molecule has 0 aliphatic heterocycles. The first-order chi connectivity index (χ1) is 13.8. The molecule has 0 atom stereocenters. The minimum atomic E-state index is -3.57. The third-order valence-electron chi connectivity index (χ3n) is 4.22. The number of nitrogens with one attached hydrogen (secondary N) is 1. The van der Waals surface area contributed by atoms with Gasteiger partial charge in [0.25, 0.3) is 0 Å². The molecule has 2 heterocycles. The van der Waals surface area contributed by atoms with Crippen molar-refractivity contribution in [2.24, 2.45) is 5.14 Å². The number of pyridine rings is 2. The Labute approximate surface area is 169 Å². The molecule has 1 aromatic carbocycles. The fraction of sp³-hybridized carbons (Fsp3) is 0.250. The Morgan fingerprint density at radius 3 is 2.48 bits per heavy atom. The molecule has 0 amide bonds. The number of fused-ring (bicyclic) bond motifs is 1. The number of aryl methyl sites for hydroxylation is 1. The van der Waals surface area contributed by atoms with Gasteiger partial charge in [-0.2, -0.15) is 0 Å². The van der Waals surface area contributed by atoms with Gasteiger partial charge in [0, 0.05) is 23.8 Å². The number of esters is 1. The minimum absolute atomic E-state index is 0.215. The maximum absolute atomic E-state index is 12.4. The molecule has 0 saturated carbocycles. The zero-order valence-electron chi connectivity index (χ0n) is 16.2. The van der Waals surface area contributed by atoms with Gasteiger partial charge >= 0.3 is 5.97 Å². The lowest BCUT2D eigenvalue weighted by Crippen LogP contribution is -2.14. The topological polar surface area (TPSA) is 124 Å². The van der Waals surface area contributed by atoms with Crippen molar-refractivity contribution in [3.63, 3.8) is 0 Å². The summed E-state index contributed by atoms with van der Waals surface area (Å²) in [6, 6.07) is 10.8. The number of rotatable bonds is 7. The number of anilines is 1. The van der Waals surface area contributed by atoms with Gasteiger partial charge in [-0.05, 0) is 37.1 Å². The molecule has 0 saturated heterocycles. The summed E-state index contributed by atoms with van der Waals surface area (Å²) in [5.74, 6) is -0.679. The number of aromatic nitrogens is 2. The molecule has 8 nitrogen and oxygen atoms in total. The molecule has 0 aliphatic rings. The van der Waals surface area contributed by atoms with Gasteiger partial charge in [-0.1, -0.05) is 24.3 Å². The summed E-state index contributed by atoms with van der Waals surface area (Å²) in [4.78, 5) is 21.1. The van der Waals surface area contributed by atoms with Crippen LogP contribution in [0.1, 0.15) is 34.1 Å². The average molecular weight is 414 g/mol. The molecule has 152 valence electrons. The molecule has 29 heavy (non-hydrogen) atoms. The molecule has 3 aromatic rings. The second-order valence-corrected chi connectivity index (χ2v) is 8.18. The van der Waals surface area contributed by atoms with Gasteiger partial charge in [0.1, 0.15) is 5.56 Å². The van der Waals surface area contributed by atoms with Crippen LogP contribution in [-0.4, -0.2) is 31.0 Å². The van der Waals surface area contributed by atoms with Crippen LogP contribution in [0.4, 0.5) is 5.69 Å². The van der Waals surface area contributed by atoms with E-state index in [0.717, 1.165) is 11.3 Å². The maximum atomic E-state index is 12.4. The Morgan fingerprint density at radius 2 is 1.83 bits per heavy atom. The van der Waals surface area contributed by atoms with Crippen molar-refractivity contribution in [1.82, 2.24) is 9.97 Å². The zero-order valence-corrected chi connectivity index (χ0v) is 17.0. The van der Waals surface area contributed by atoms with E-state index in [0.29, 0.717) is 34.4 Å². The van der Waals surface area contributed by atoms with Crippen molar-refractivity contribution in [2.75, 3.05) is 11.9 Å². The molecule has 0 radical (unpaired) electrons. The van der Waals surface area contributed by atoms with E-state index >= 15 is 0 Å². The number of sulfonamides is 1. The summed E-state index contributed by atoms with van der Waals surface area (Å²) in [7, 11) is -3.57. The highest BCUT2D eigenvalue weighted by atomic mass is 32.2. The molecule has 3 N–H and O–H groups in total. The fourth-order valence-corrected chi connectivity index (χ4v) is 3.56. The van der Waals surface area contributed by atoms with Gasteiger partial charge in [0.15, 0.2) is 5.65 Å². The van der Waals surface area contributed by atoms with Crippen molar-refractivity contribution < 1.29 is 17.9 Å². The molecule has 0 bridgehead atoms. The van der Waals surface area contributed by atoms with E-state index in [2.05, 4.69) is 15.3 Å². The van der Waals surface area contributed by atoms with Crippen LogP contribution in [0.25, 0.3) is 11.0 Å². The van der Waals surface area contributed by atoms with Crippen molar-refractivity contribution >= 4 is 32.7 Å². The molecule has 0 aliphatic carbocycles. The van der Waals surface area contributed by atoms with Gasteiger partial charge in [-0.3, -0.25) is 0 Å². The van der Waals surface area contributed by atoms with Crippen LogP contribution in [0.2, 0.25) is 0 Å². The van der Waals surface area contributed by atoms with Gasteiger partial charge in [-0.15, -0.1) is 0 Å². The summed E-state index contributed by atoms with van der Waals surface area (Å²) >= 11 is 0. The summed E-state index contributed by atoms with van der Waals surface area (Å²) in [6.45, 7) is 4.28. The van der Waals surface area contributed by atoms with E-state index in [4.69, 9.17) is 9.88 Å². The fourth-order valence-electron chi connectivity index (χ4n) is 2.90. The second-order valence-electron chi connectivity index (χ2n) is 6.57. The molecule has 0 unspecified atom stereocenters. The minimum Gasteiger partial charge on any atom is -0.462 e. The van der Waals surface area contributed by atoms with Gasteiger partial charge in [-0.25, -0.2) is 28.3 Å². The number of ether oxygens (including phenoxy) is 1. The zero-order chi connectivity index (χ0) is 21.0. The number of hydrogen-bond donors (Lipinski definition) is 2. The third kappa shape index (κ3) is 5.27. The van der Waals surface area contributed by atoms with Crippen LogP contribution >= 0.6 is 0 Å². The van der Waals surface area contributed by atoms with Crippen LogP contribution < -0.4 is 10.5 Å². The number of nitrogens with two attached hydrogens (primary N) is 1. The predicted octanol–water partition coefficient (Wildman–Crippen LogP) is 2.52. The standard InChI is InChI=1S/C20H22N4O4S/c1-3-28-20(25)17-11-23-19-16(9-4-13(2)24-19)18(17)22-10-14-5-7-15(8-6-14)12-29(21,26)27/h4-9,11H,3,10,12H2,1-2H3,(H2,21,26,27)(H,22,23,24). The van der Waals surface area contributed by atoms with Crippen molar-refractivity contribution in [3.05, 3.63) is 65.0 Å². The number of hydrogen-bond acceptors (Lipinski definition) is 7. The Balaban J connectivity index is 1.89. The SMILES string of the molecule is CCOC(=O)c1cnc2nc(C)ccc2c1NCc1ccc(CS(N)(=O)=O)cc1. The number of benzene rings is 1. The molecule has 3 rings (SSSR count). The van der Waals surface area contributed by atoms with Crippen molar-refractivity contribution in [2.45, 2.75) is 26.1 Å². The molecule has 0 spiro atoms. The Hall–Kier alpha value is -3.04. The van der Waals surface area contributed by atoms with E-state index in [9.17, 15) is 13.2 Å². The second kappa shape index (κ2) is 8.54. The number of nitrogens with zero attached hydrogens (tertiary/aromatic N) is 2. The highest BCUT2D eigenvalue weighted by molar-refractivity contribution is 7.88. The van der Waals surface area contributed by atoms with Crippen LogP contribution in [0, 0.1) is 6.92 Å². The van der Waals surface area contributed by atoms with E-state index in [1.165, 1.54) is 6.20 Å². The number of carbonyl (C=O) groups is 1. The summed E-state index contributed by atoms with van der Waals surface area (Å²) < 4.78 is 27.6. The van der Waals surface area contributed by atoms with Crippen molar-refractivity contribution in [1.29, 1.82) is 0 Å². The van der Waals surface area contributed by atoms with Gasteiger partial charge in [0.2, 0.25) is 10.0 Å². The Morgan fingerprint density at radius 1 is 1.14 bits per heavy atom. The monoisotopic (exact) mass is 414 g/mol. The largest absolute Gasteiger partial charge is 0.462 e. The summed E-state index contributed by atoms with van der Waals surface area (Å²) in [5.41, 5.74) is 3.79. The smallest absolute Gasteiger partial charge is 0.341 e. The first-order valence-corrected chi connectivity index (χ1v) is 10.7. The maximum Gasteiger partial charge on any atom is 0.341 e. The third-order valence-corrected chi connectivity index (χ3v) is 4.96. The lowest BCUT2D eigenvalue weighted by atomic mass is 10.1. The molecular weight excluding hydrogens is 392 g/mol. The lowest BCUT2D eigenvalue weighted by molar-refractivity contribution is 0.0527. The quantitative estimate of drug-likeness (QED) is 0.569. The highest BCUT2D eigenvalue weighted by Gasteiger charge is 2.17. The molecular formula is C20H22N4O4S. The first-order valence-electron chi connectivity index (χ1n) is 9.02. The van der Waals surface area contributed by atoms with Gasteiger partial charge < -0.3 is 10.1 Å². The number of carbonyl (C=O) groups excluding carboxylic acids is 1. The van der Waals surface area contributed by atoms with Gasteiger partial charge in [0.05, 0.1) is 18.0 Å². The van der Waals surface area contributed by atoms with Crippen LogP contribution in [0.3, 0.4) is 0 Å². The Bertz CT molecular complexity index is 1150. The van der Waals surface area contributed by atoms with E-state index < -0.39 is 16.0 Å². The molecule has 0 fully saturated rings. The van der Waals surface area contributed by atoms with E-state index in [-0.39, 0.29) is 12.4 Å².